The fourth-order valence-electron chi connectivity index (χ4n) is 1.66. The molecule has 1 aliphatic heterocycles. The number of benzene rings is 1. The van der Waals surface area contributed by atoms with Gasteiger partial charge in [-0.2, -0.15) is 5.10 Å². The lowest BCUT2D eigenvalue weighted by Gasteiger charge is -2.01. The minimum Gasteiger partial charge on any atom is -0.303 e. The van der Waals surface area contributed by atoms with E-state index in [1.54, 1.807) is 12.1 Å². The summed E-state index contributed by atoms with van der Waals surface area (Å²) in [6.45, 7) is 5.43. The maximum absolute atomic E-state index is 11.7. The second kappa shape index (κ2) is 7.11. The molecule has 1 atom stereocenters. The predicted molar refractivity (Wildman–Crippen MR) is 90.2 cm³/mol. The van der Waals surface area contributed by atoms with Gasteiger partial charge in [0.15, 0.2) is 5.17 Å². The van der Waals surface area contributed by atoms with E-state index in [9.17, 15) is 4.79 Å². The SMILES string of the molecule is C=C(Cl)CC1S/C(=N\N=C(/C)c2ccc(Cl)cc2)NC1=O. The molecule has 0 radical (unpaired) electrons. The molecule has 7 heteroatoms. The Labute approximate surface area is 137 Å². The Kier molecular flexibility index (Phi) is 5.45. The van der Waals surface area contributed by atoms with E-state index in [4.69, 9.17) is 23.2 Å². The van der Waals surface area contributed by atoms with Crippen LogP contribution >= 0.6 is 35.0 Å². The van der Waals surface area contributed by atoms with Crippen molar-refractivity contribution in [1.29, 1.82) is 0 Å². The highest BCUT2D eigenvalue weighted by atomic mass is 35.5. The molecule has 2 rings (SSSR count). The lowest BCUT2D eigenvalue weighted by atomic mass is 10.1. The van der Waals surface area contributed by atoms with Crippen LogP contribution in [-0.4, -0.2) is 22.0 Å². The third-order valence-electron chi connectivity index (χ3n) is 2.74. The number of rotatable bonds is 4. The van der Waals surface area contributed by atoms with Crippen LogP contribution in [0.25, 0.3) is 0 Å². The van der Waals surface area contributed by atoms with Gasteiger partial charge in [-0.05, 0) is 24.6 Å². The van der Waals surface area contributed by atoms with E-state index in [0.717, 1.165) is 11.3 Å². The summed E-state index contributed by atoms with van der Waals surface area (Å²) in [6.07, 6.45) is 0.414. The van der Waals surface area contributed by atoms with E-state index in [1.807, 2.05) is 19.1 Å². The smallest absolute Gasteiger partial charge is 0.239 e. The molecule has 0 spiro atoms. The van der Waals surface area contributed by atoms with Crippen molar-refractivity contribution in [1.82, 2.24) is 5.32 Å². The second-order valence-corrected chi connectivity index (χ2v) is 6.58. The molecule has 1 N–H and O–H groups in total. The van der Waals surface area contributed by atoms with Crippen molar-refractivity contribution < 1.29 is 4.79 Å². The quantitative estimate of drug-likeness (QED) is 0.668. The van der Waals surface area contributed by atoms with Crippen LogP contribution in [0.5, 0.6) is 0 Å². The van der Waals surface area contributed by atoms with Gasteiger partial charge in [0, 0.05) is 16.5 Å². The summed E-state index contributed by atoms with van der Waals surface area (Å²) in [4.78, 5) is 11.7. The summed E-state index contributed by atoms with van der Waals surface area (Å²) in [5.41, 5.74) is 1.66. The average Bonchev–Trinajstić information content (AvgIpc) is 2.77. The Morgan fingerprint density at radius 3 is 2.71 bits per heavy atom. The first-order valence-electron chi connectivity index (χ1n) is 6.14. The van der Waals surface area contributed by atoms with Crippen molar-refractivity contribution in [2.24, 2.45) is 10.2 Å². The third kappa shape index (κ3) is 4.59. The maximum atomic E-state index is 11.7. The van der Waals surface area contributed by atoms with Gasteiger partial charge >= 0.3 is 0 Å². The topological polar surface area (TPSA) is 53.8 Å². The average molecular weight is 342 g/mol. The molecule has 0 saturated carbocycles. The number of amidine groups is 1. The van der Waals surface area contributed by atoms with Crippen LogP contribution in [0.2, 0.25) is 5.02 Å². The van der Waals surface area contributed by atoms with Gasteiger partial charge in [0.05, 0.1) is 11.0 Å². The first kappa shape index (κ1) is 16.1. The Morgan fingerprint density at radius 2 is 2.10 bits per heavy atom. The van der Waals surface area contributed by atoms with Crippen LogP contribution in [0.4, 0.5) is 0 Å². The van der Waals surface area contributed by atoms with Gasteiger partial charge in [-0.3, -0.25) is 4.79 Å². The zero-order chi connectivity index (χ0) is 15.4. The van der Waals surface area contributed by atoms with Gasteiger partial charge in [0.2, 0.25) is 5.91 Å². The normalized spacial score (nSPS) is 20.7. The van der Waals surface area contributed by atoms with Gasteiger partial charge in [0.25, 0.3) is 0 Å². The standard InChI is InChI=1S/C14H13Cl2N3OS/c1-8(15)7-12-13(20)17-14(21-12)19-18-9(2)10-3-5-11(16)6-4-10/h3-6,12H,1,7H2,2H3,(H,17,19,20)/b18-9+. The fourth-order valence-corrected chi connectivity index (χ4v) is 3.00. The number of hydrogen-bond donors (Lipinski definition) is 1. The zero-order valence-electron chi connectivity index (χ0n) is 11.3. The van der Waals surface area contributed by atoms with Crippen molar-refractivity contribution in [3.63, 3.8) is 0 Å². The lowest BCUT2D eigenvalue weighted by molar-refractivity contribution is -0.118. The minimum absolute atomic E-state index is 0.125. The minimum atomic E-state index is -0.292. The Bertz CT molecular complexity index is 626. The number of thioether (sulfide) groups is 1. The molecular formula is C14H13Cl2N3OS. The zero-order valence-corrected chi connectivity index (χ0v) is 13.6. The van der Waals surface area contributed by atoms with Crippen molar-refractivity contribution in [2.75, 3.05) is 0 Å². The van der Waals surface area contributed by atoms with Gasteiger partial charge in [0.1, 0.15) is 0 Å². The van der Waals surface area contributed by atoms with Crippen molar-refractivity contribution >= 4 is 51.8 Å². The maximum Gasteiger partial charge on any atom is 0.239 e. The summed E-state index contributed by atoms with van der Waals surface area (Å²) >= 11 is 12.9. The number of nitrogens with one attached hydrogen (secondary N) is 1. The first-order valence-corrected chi connectivity index (χ1v) is 7.78. The number of carbonyl (C=O) groups excluding carboxylic acids is 1. The molecule has 1 aromatic carbocycles. The molecule has 21 heavy (non-hydrogen) atoms. The van der Waals surface area contributed by atoms with Gasteiger partial charge in [-0.15, -0.1) is 5.10 Å². The summed E-state index contributed by atoms with van der Waals surface area (Å²) in [5.74, 6) is -0.125. The van der Waals surface area contributed by atoms with Gasteiger partial charge < -0.3 is 5.32 Å². The number of halogens is 2. The Hall–Kier alpha value is -1.30. The van der Waals surface area contributed by atoms with E-state index >= 15 is 0 Å². The van der Waals surface area contributed by atoms with Crippen molar-refractivity contribution in [3.05, 3.63) is 46.5 Å². The van der Waals surface area contributed by atoms with E-state index in [0.29, 0.717) is 21.6 Å². The van der Waals surface area contributed by atoms with E-state index in [1.165, 1.54) is 11.8 Å². The molecule has 0 aromatic heterocycles. The highest BCUT2D eigenvalue weighted by Crippen LogP contribution is 2.26. The number of hydrogen-bond acceptors (Lipinski definition) is 4. The molecule has 0 aliphatic carbocycles. The summed E-state index contributed by atoms with van der Waals surface area (Å²) in [7, 11) is 0. The van der Waals surface area contributed by atoms with E-state index in [-0.39, 0.29) is 11.2 Å². The van der Waals surface area contributed by atoms with E-state index < -0.39 is 0 Å². The Morgan fingerprint density at radius 1 is 1.43 bits per heavy atom. The lowest BCUT2D eigenvalue weighted by Crippen LogP contribution is -2.24. The van der Waals surface area contributed by atoms with Crippen molar-refractivity contribution in [3.8, 4) is 0 Å². The molecule has 1 fully saturated rings. The molecule has 1 saturated heterocycles. The fraction of sp³-hybridized carbons (Fsp3) is 0.214. The molecule has 1 aliphatic rings. The van der Waals surface area contributed by atoms with Crippen LogP contribution in [0.15, 0.2) is 46.1 Å². The largest absolute Gasteiger partial charge is 0.303 e. The molecule has 1 aromatic rings. The molecule has 110 valence electrons. The molecular weight excluding hydrogens is 329 g/mol. The van der Waals surface area contributed by atoms with Crippen molar-refractivity contribution in [2.45, 2.75) is 18.6 Å². The van der Waals surface area contributed by atoms with Crippen LogP contribution in [0.3, 0.4) is 0 Å². The molecule has 1 unspecified atom stereocenters. The highest BCUT2D eigenvalue weighted by molar-refractivity contribution is 8.15. The predicted octanol–water partition coefficient (Wildman–Crippen LogP) is 3.79. The number of nitrogens with zero attached hydrogens (tertiary/aromatic N) is 2. The summed E-state index contributed by atoms with van der Waals surface area (Å²) < 4.78 is 0. The number of carbonyl (C=O) groups is 1. The third-order valence-corrected chi connectivity index (χ3v) is 4.21. The van der Waals surface area contributed by atoms with Crippen LogP contribution in [0, 0.1) is 0 Å². The highest BCUT2D eigenvalue weighted by Gasteiger charge is 2.30. The number of allylic oxidation sites excluding steroid dienone is 1. The number of amides is 1. The monoisotopic (exact) mass is 341 g/mol. The van der Waals surface area contributed by atoms with Gasteiger partial charge in [-0.1, -0.05) is 53.7 Å². The van der Waals surface area contributed by atoms with Crippen LogP contribution in [0.1, 0.15) is 18.9 Å². The Balaban J connectivity index is 2.07. The summed E-state index contributed by atoms with van der Waals surface area (Å²) in [6, 6.07) is 7.30. The van der Waals surface area contributed by atoms with E-state index in [2.05, 4.69) is 22.1 Å². The van der Waals surface area contributed by atoms with Crippen LogP contribution < -0.4 is 5.32 Å². The molecule has 0 bridgehead atoms. The molecule has 1 amide bonds. The van der Waals surface area contributed by atoms with Gasteiger partial charge in [-0.25, -0.2) is 0 Å². The first-order chi connectivity index (χ1) is 9.95. The second-order valence-electron chi connectivity index (χ2n) is 4.41. The van der Waals surface area contributed by atoms with Crippen LogP contribution in [-0.2, 0) is 4.79 Å². The molecule has 4 nitrogen and oxygen atoms in total. The molecule has 1 heterocycles. The summed E-state index contributed by atoms with van der Waals surface area (Å²) in [5, 5.41) is 12.1.